The lowest BCUT2D eigenvalue weighted by molar-refractivity contribution is 0.969. The van der Waals surface area contributed by atoms with Gasteiger partial charge in [0.15, 0.2) is 0 Å². The summed E-state index contributed by atoms with van der Waals surface area (Å²) in [6.07, 6.45) is 1.80. The van der Waals surface area contributed by atoms with Gasteiger partial charge >= 0.3 is 0 Å². The van der Waals surface area contributed by atoms with Gasteiger partial charge in [-0.15, -0.1) is 11.3 Å². The minimum absolute atomic E-state index is 0.585. The molecule has 1 aromatic heterocycles. The third-order valence-corrected chi connectivity index (χ3v) is 3.98. The summed E-state index contributed by atoms with van der Waals surface area (Å²) in [6.45, 7) is 2.70. The van der Waals surface area contributed by atoms with Crippen molar-refractivity contribution < 1.29 is 0 Å². The Morgan fingerprint density at radius 1 is 1.29 bits per heavy atom. The molecule has 2 rings (SSSR count). The molecule has 2 nitrogen and oxygen atoms in total. The van der Waals surface area contributed by atoms with Crippen molar-refractivity contribution in [1.82, 2.24) is 4.98 Å². The maximum absolute atomic E-state index is 5.86. The van der Waals surface area contributed by atoms with Crippen molar-refractivity contribution in [2.75, 3.05) is 0 Å². The summed E-state index contributed by atoms with van der Waals surface area (Å²) < 4.78 is 0. The molecule has 0 atom stereocenters. The van der Waals surface area contributed by atoms with Gasteiger partial charge < -0.3 is 5.73 Å². The molecular formula is C13H15ClN2S. The highest BCUT2D eigenvalue weighted by molar-refractivity contribution is 7.11. The van der Waals surface area contributed by atoms with E-state index in [2.05, 4.69) is 11.9 Å². The first kappa shape index (κ1) is 12.6. The zero-order valence-corrected chi connectivity index (χ0v) is 11.3. The van der Waals surface area contributed by atoms with E-state index < -0.39 is 0 Å². The van der Waals surface area contributed by atoms with Crippen LogP contribution in [0.2, 0.25) is 5.02 Å². The van der Waals surface area contributed by atoms with Crippen LogP contribution in [0, 0.1) is 0 Å². The fourth-order valence-electron chi connectivity index (χ4n) is 1.73. The average Bonchev–Trinajstić information content (AvgIpc) is 2.74. The molecule has 17 heavy (non-hydrogen) atoms. The zero-order valence-electron chi connectivity index (χ0n) is 9.74. The molecule has 0 radical (unpaired) electrons. The summed E-state index contributed by atoms with van der Waals surface area (Å²) in [5.41, 5.74) is 8.08. The van der Waals surface area contributed by atoms with Crippen LogP contribution in [0.4, 0.5) is 0 Å². The molecule has 0 saturated carbocycles. The van der Waals surface area contributed by atoms with Crippen LogP contribution >= 0.6 is 22.9 Å². The number of rotatable bonds is 4. The van der Waals surface area contributed by atoms with E-state index in [0.29, 0.717) is 6.54 Å². The highest BCUT2D eigenvalue weighted by Gasteiger charge is 2.08. The molecule has 0 aliphatic heterocycles. The van der Waals surface area contributed by atoms with E-state index in [0.717, 1.165) is 28.6 Å². The van der Waals surface area contributed by atoms with Crippen molar-refractivity contribution in [3.8, 4) is 0 Å². The van der Waals surface area contributed by atoms with Crippen LogP contribution in [-0.2, 0) is 19.4 Å². The van der Waals surface area contributed by atoms with Gasteiger partial charge in [-0.3, -0.25) is 0 Å². The Morgan fingerprint density at radius 2 is 2.00 bits per heavy atom. The van der Waals surface area contributed by atoms with Gasteiger partial charge in [-0.1, -0.05) is 30.7 Å². The third kappa shape index (κ3) is 3.06. The summed E-state index contributed by atoms with van der Waals surface area (Å²) in [4.78, 5) is 5.83. The number of aromatic nitrogens is 1. The largest absolute Gasteiger partial charge is 0.326 e. The lowest BCUT2D eigenvalue weighted by Gasteiger charge is -1.97. The summed E-state index contributed by atoms with van der Waals surface area (Å²) in [7, 11) is 0. The number of aryl methyl sites for hydroxylation is 1. The lowest BCUT2D eigenvalue weighted by Crippen LogP contribution is -1.96. The maximum atomic E-state index is 5.86. The summed E-state index contributed by atoms with van der Waals surface area (Å²) in [6, 6.07) is 7.90. The Morgan fingerprint density at radius 3 is 2.53 bits per heavy atom. The van der Waals surface area contributed by atoms with Gasteiger partial charge in [0.2, 0.25) is 0 Å². The lowest BCUT2D eigenvalue weighted by atomic mass is 10.2. The minimum Gasteiger partial charge on any atom is -0.326 e. The van der Waals surface area contributed by atoms with Gasteiger partial charge in [0.25, 0.3) is 0 Å². The van der Waals surface area contributed by atoms with Crippen molar-refractivity contribution in [1.29, 1.82) is 0 Å². The topological polar surface area (TPSA) is 38.9 Å². The Kier molecular flexibility index (Phi) is 4.15. The molecule has 0 saturated heterocycles. The zero-order chi connectivity index (χ0) is 12.3. The number of benzene rings is 1. The molecule has 90 valence electrons. The molecule has 0 aliphatic rings. The molecule has 2 aromatic rings. The van der Waals surface area contributed by atoms with Gasteiger partial charge in [-0.25, -0.2) is 4.98 Å². The fourth-order valence-corrected chi connectivity index (χ4v) is 2.92. The molecule has 1 heterocycles. The summed E-state index contributed by atoms with van der Waals surface area (Å²) in [5.74, 6) is 0. The quantitative estimate of drug-likeness (QED) is 0.921. The number of nitrogens with zero attached hydrogens (tertiary/aromatic N) is 1. The van der Waals surface area contributed by atoms with E-state index >= 15 is 0 Å². The van der Waals surface area contributed by atoms with Crippen LogP contribution in [-0.4, -0.2) is 4.98 Å². The first-order valence-electron chi connectivity index (χ1n) is 5.65. The first-order valence-corrected chi connectivity index (χ1v) is 6.84. The molecule has 4 heteroatoms. The molecule has 0 amide bonds. The predicted octanol–water partition coefficient (Wildman–Crippen LogP) is 3.41. The van der Waals surface area contributed by atoms with Crippen molar-refractivity contribution in [2.45, 2.75) is 26.3 Å². The molecule has 1 aromatic carbocycles. The Bertz CT molecular complexity index is 469. The molecular weight excluding hydrogens is 252 g/mol. The van der Waals surface area contributed by atoms with Crippen LogP contribution in [0.5, 0.6) is 0 Å². The van der Waals surface area contributed by atoms with Crippen molar-refractivity contribution in [2.24, 2.45) is 5.73 Å². The van der Waals surface area contributed by atoms with Crippen molar-refractivity contribution in [3.05, 3.63) is 50.4 Å². The Labute approximate surface area is 110 Å². The molecule has 0 aliphatic carbocycles. The minimum atomic E-state index is 0.585. The van der Waals surface area contributed by atoms with E-state index in [4.69, 9.17) is 17.3 Å². The van der Waals surface area contributed by atoms with E-state index in [9.17, 15) is 0 Å². The van der Waals surface area contributed by atoms with Crippen LogP contribution in [0.3, 0.4) is 0 Å². The number of hydrogen-bond acceptors (Lipinski definition) is 3. The van der Waals surface area contributed by atoms with Crippen LogP contribution < -0.4 is 5.73 Å². The third-order valence-electron chi connectivity index (χ3n) is 2.61. The van der Waals surface area contributed by atoms with E-state index in [1.54, 1.807) is 11.3 Å². The van der Waals surface area contributed by atoms with Gasteiger partial charge in [0.05, 0.1) is 10.7 Å². The fraction of sp³-hybridized carbons (Fsp3) is 0.308. The molecule has 2 N–H and O–H groups in total. The normalized spacial score (nSPS) is 10.8. The van der Waals surface area contributed by atoms with Gasteiger partial charge in [-0.05, 0) is 24.1 Å². The number of hydrogen-bond donors (Lipinski definition) is 1. The van der Waals surface area contributed by atoms with E-state index in [-0.39, 0.29) is 0 Å². The number of halogens is 1. The monoisotopic (exact) mass is 266 g/mol. The number of nitrogens with two attached hydrogens (primary N) is 1. The molecule has 0 unspecified atom stereocenters. The van der Waals surface area contributed by atoms with E-state index in [1.807, 2.05) is 24.3 Å². The highest BCUT2D eigenvalue weighted by Crippen LogP contribution is 2.22. The average molecular weight is 267 g/mol. The maximum Gasteiger partial charge on any atom is 0.0975 e. The smallest absolute Gasteiger partial charge is 0.0975 e. The molecule has 0 bridgehead atoms. The van der Waals surface area contributed by atoms with Gasteiger partial charge in [0.1, 0.15) is 0 Å². The van der Waals surface area contributed by atoms with E-state index in [1.165, 1.54) is 10.4 Å². The first-order chi connectivity index (χ1) is 8.22. The van der Waals surface area contributed by atoms with Crippen LogP contribution in [0.1, 0.15) is 28.1 Å². The summed E-state index contributed by atoms with van der Waals surface area (Å²) in [5, 5.41) is 1.90. The van der Waals surface area contributed by atoms with Crippen molar-refractivity contribution >= 4 is 22.9 Å². The van der Waals surface area contributed by atoms with Crippen LogP contribution in [0.15, 0.2) is 24.3 Å². The highest BCUT2D eigenvalue weighted by atomic mass is 35.5. The second kappa shape index (κ2) is 5.63. The summed E-state index contributed by atoms with van der Waals surface area (Å²) >= 11 is 7.57. The second-order valence-corrected chi connectivity index (χ2v) is 5.44. The SMILES string of the molecule is CCc1nc(Cc2ccc(Cl)cc2)sc1CN. The number of thiazole rings is 1. The second-order valence-electron chi connectivity index (χ2n) is 3.84. The Balaban J connectivity index is 2.18. The standard InChI is InChI=1S/C13H15ClN2S/c1-2-11-12(8-15)17-13(16-11)7-9-3-5-10(14)6-4-9/h3-6H,2,7-8,15H2,1H3. The van der Waals surface area contributed by atoms with Gasteiger partial charge in [0, 0.05) is 22.9 Å². The Hall–Kier alpha value is -0.900. The molecule has 0 spiro atoms. The van der Waals surface area contributed by atoms with Gasteiger partial charge in [-0.2, -0.15) is 0 Å². The van der Waals surface area contributed by atoms with Crippen LogP contribution in [0.25, 0.3) is 0 Å². The van der Waals surface area contributed by atoms with Crippen molar-refractivity contribution in [3.63, 3.8) is 0 Å². The predicted molar refractivity (Wildman–Crippen MR) is 73.6 cm³/mol. The molecule has 0 fully saturated rings.